The van der Waals surface area contributed by atoms with E-state index in [0.717, 1.165) is 30.1 Å². The van der Waals surface area contributed by atoms with Gasteiger partial charge in [0, 0.05) is 29.3 Å². The third kappa shape index (κ3) is 2.06. The molecule has 2 aromatic heterocycles. The minimum absolute atomic E-state index is 0.512. The molecule has 1 aliphatic rings. The van der Waals surface area contributed by atoms with Crippen molar-refractivity contribution in [2.24, 2.45) is 0 Å². The Morgan fingerprint density at radius 1 is 1.18 bits per heavy atom. The normalized spacial score (nSPS) is 17.2. The average Bonchev–Trinajstić information content (AvgIpc) is 3.01. The van der Waals surface area contributed by atoms with Crippen molar-refractivity contribution in [3.8, 4) is 0 Å². The monoisotopic (exact) mass is 292 g/mol. The van der Waals surface area contributed by atoms with E-state index in [1.807, 2.05) is 6.92 Å². The smallest absolute Gasteiger partial charge is 0.234 e. The fourth-order valence-electron chi connectivity index (χ4n) is 3.44. The molecule has 0 amide bonds. The number of para-hydroxylation sites is 1. The van der Waals surface area contributed by atoms with Gasteiger partial charge < -0.3 is 4.90 Å². The van der Waals surface area contributed by atoms with Gasteiger partial charge in [0.15, 0.2) is 0 Å². The van der Waals surface area contributed by atoms with Gasteiger partial charge in [-0.1, -0.05) is 18.2 Å². The van der Waals surface area contributed by atoms with Crippen molar-refractivity contribution in [1.29, 1.82) is 0 Å². The molecular weight excluding hydrogens is 272 g/mol. The molecule has 1 atom stereocenters. The molecular formula is C18H20N4. The lowest BCUT2D eigenvalue weighted by molar-refractivity contribution is 0.666. The highest BCUT2D eigenvalue weighted by Gasteiger charge is 2.26. The van der Waals surface area contributed by atoms with Gasteiger partial charge in [-0.05, 0) is 44.9 Å². The Morgan fingerprint density at radius 3 is 2.86 bits per heavy atom. The SMILES string of the molecule is Cc1cc(C)n2cc(CN3c4ccccc4CC3C)nc2n1. The second-order valence-electron chi connectivity index (χ2n) is 6.25. The highest BCUT2D eigenvalue weighted by Crippen LogP contribution is 2.32. The van der Waals surface area contributed by atoms with Gasteiger partial charge in [-0.15, -0.1) is 0 Å². The molecule has 0 saturated heterocycles. The van der Waals surface area contributed by atoms with Gasteiger partial charge >= 0.3 is 0 Å². The maximum atomic E-state index is 4.72. The molecule has 0 fully saturated rings. The van der Waals surface area contributed by atoms with Crippen LogP contribution in [0.4, 0.5) is 5.69 Å². The summed E-state index contributed by atoms with van der Waals surface area (Å²) in [6, 6.07) is 11.3. The van der Waals surface area contributed by atoms with Crippen LogP contribution in [0.3, 0.4) is 0 Å². The summed E-state index contributed by atoms with van der Waals surface area (Å²) in [4.78, 5) is 11.7. The van der Waals surface area contributed by atoms with E-state index >= 15 is 0 Å². The molecule has 0 saturated carbocycles. The topological polar surface area (TPSA) is 33.4 Å². The van der Waals surface area contributed by atoms with Crippen LogP contribution in [0.15, 0.2) is 36.5 Å². The van der Waals surface area contributed by atoms with Crippen LogP contribution in [0, 0.1) is 13.8 Å². The standard InChI is InChI=1S/C18H20N4/c1-12-8-13(2)22-11-16(20-18(22)19-12)10-21-14(3)9-15-6-4-5-7-17(15)21/h4-8,11,14H,9-10H2,1-3H3. The zero-order valence-corrected chi connectivity index (χ0v) is 13.2. The maximum absolute atomic E-state index is 4.72. The molecule has 0 N–H and O–H groups in total. The Kier molecular flexibility index (Phi) is 2.93. The first kappa shape index (κ1) is 13.3. The Balaban J connectivity index is 1.71. The van der Waals surface area contributed by atoms with E-state index in [1.165, 1.54) is 16.9 Å². The van der Waals surface area contributed by atoms with Gasteiger partial charge in [-0.25, -0.2) is 9.97 Å². The van der Waals surface area contributed by atoms with Crippen molar-refractivity contribution in [1.82, 2.24) is 14.4 Å². The summed E-state index contributed by atoms with van der Waals surface area (Å²) in [5, 5.41) is 0. The molecule has 0 radical (unpaired) electrons. The fourth-order valence-corrected chi connectivity index (χ4v) is 3.44. The zero-order chi connectivity index (χ0) is 15.3. The van der Waals surface area contributed by atoms with Crippen molar-refractivity contribution in [3.63, 3.8) is 0 Å². The lowest BCUT2D eigenvalue weighted by atomic mass is 10.1. The molecule has 4 heteroatoms. The van der Waals surface area contributed by atoms with Gasteiger partial charge in [0.25, 0.3) is 0 Å². The van der Waals surface area contributed by atoms with Crippen molar-refractivity contribution in [2.45, 2.75) is 39.8 Å². The van der Waals surface area contributed by atoms with Crippen LogP contribution in [0.5, 0.6) is 0 Å². The summed E-state index contributed by atoms with van der Waals surface area (Å²) >= 11 is 0. The van der Waals surface area contributed by atoms with E-state index < -0.39 is 0 Å². The summed E-state index contributed by atoms with van der Waals surface area (Å²) in [5.41, 5.74) is 6.04. The third-order valence-corrected chi connectivity index (χ3v) is 4.49. The first-order chi connectivity index (χ1) is 10.6. The van der Waals surface area contributed by atoms with Gasteiger partial charge in [-0.3, -0.25) is 4.40 Å². The summed E-state index contributed by atoms with van der Waals surface area (Å²) in [6.45, 7) is 7.23. The maximum Gasteiger partial charge on any atom is 0.234 e. The average molecular weight is 292 g/mol. The summed E-state index contributed by atoms with van der Waals surface area (Å²) in [7, 11) is 0. The van der Waals surface area contributed by atoms with Gasteiger partial charge in [-0.2, -0.15) is 0 Å². The van der Waals surface area contributed by atoms with Crippen LogP contribution in [0.25, 0.3) is 5.78 Å². The number of hydrogen-bond acceptors (Lipinski definition) is 3. The number of aryl methyl sites for hydroxylation is 2. The first-order valence-electron chi connectivity index (χ1n) is 7.78. The molecule has 3 heterocycles. The molecule has 1 aromatic carbocycles. The number of fused-ring (bicyclic) bond motifs is 2. The molecule has 0 bridgehead atoms. The highest BCUT2D eigenvalue weighted by atomic mass is 15.2. The third-order valence-electron chi connectivity index (χ3n) is 4.49. The minimum Gasteiger partial charge on any atom is -0.362 e. The second kappa shape index (κ2) is 4.83. The predicted molar refractivity (Wildman–Crippen MR) is 88.3 cm³/mol. The molecule has 22 heavy (non-hydrogen) atoms. The molecule has 0 aliphatic carbocycles. The molecule has 1 unspecified atom stereocenters. The van der Waals surface area contributed by atoms with E-state index in [0.29, 0.717) is 6.04 Å². The quantitative estimate of drug-likeness (QED) is 0.726. The van der Waals surface area contributed by atoms with Crippen LogP contribution < -0.4 is 4.90 Å². The molecule has 3 aromatic rings. The lowest BCUT2D eigenvalue weighted by Gasteiger charge is -2.23. The summed E-state index contributed by atoms with van der Waals surface area (Å²) in [6.07, 6.45) is 3.23. The van der Waals surface area contributed by atoms with Crippen molar-refractivity contribution < 1.29 is 0 Å². The van der Waals surface area contributed by atoms with Crippen LogP contribution in [-0.2, 0) is 13.0 Å². The number of hydrogen-bond donors (Lipinski definition) is 0. The van der Waals surface area contributed by atoms with Gasteiger partial charge in [0.2, 0.25) is 5.78 Å². The second-order valence-corrected chi connectivity index (χ2v) is 6.25. The summed E-state index contributed by atoms with van der Waals surface area (Å²) in [5.74, 6) is 0.799. The van der Waals surface area contributed by atoms with E-state index in [9.17, 15) is 0 Å². The number of benzene rings is 1. The first-order valence-corrected chi connectivity index (χ1v) is 7.78. The Bertz CT molecular complexity index is 849. The zero-order valence-electron chi connectivity index (χ0n) is 13.2. The van der Waals surface area contributed by atoms with Crippen LogP contribution >= 0.6 is 0 Å². The number of aromatic nitrogens is 3. The molecule has 0 spiro atoms. The van der Waals surface area contributed by atoms with E-state index in [-0.39, 0.29) is 0 Å². The highest BCUT2D eigenvalue weighted by molar-refractivity contribution is 5.59. The van der Waals surface area contributed by atoms with Crippen molar-refractivity contribution in [3.05, 3.63) is 59.2 Å². The predicted octanol–water partition coefficient (Wildman–Crippen LogP) is 3.30. The molecule has 4 rings (SSSR count). The van der Waals surface area contributed by atoms with Gasteiger partial charge in [0.05, 0.1) is 12.2 Å². The van der Waals surface area contributed by atoms with Crippen LogP contribution in [0.2, 0.25) is 0 Å². The Hall–Kier alpha value is -2.36. The number of rotatable bonds is 2. The summed E-state index contributed by atoms with van der Waals surface area (Å²) < 4.78 is 2.08. The fraction of sp³-hybridized carbons (Fsp3) is 0.333. The molecule has 4 nitrogen and oxygen atoms in total. The van der Waals surface area contributed by atoms with Crippen molar-refractivity contribution >= 4 is 11.5 Å². The van der Waals surface area contributed by atoms with E-state index in [1.54, 1.807) is 0 Å². The minimum atomic E-state index is 0.512. The Labute approximate surface area is 130 Å². The van der Waals surface area contributed by atoms with E-state index in [2.05, 4.69) is 64.7 Å². The number of anilines is 1. The number of imidazole rings is 1. The Morgan fingerprint density at radius 2 is 2.00 bits per heavy atom. The number of nitrogens with zero attached hydrogens (tertiary/aromatic N) is 4. The van der Waals surface area contributed by atoms with E-state index in [4.69, 9.17) is 4.98 Å². The van der Waals surface area contributed by atoms with Crippen LogP contribution in [0.1, 0.15) is 29.6 Å². The largest absolute Gasteiger partial charge is 0.362 e. The van der Waals surface area contributed by atoms with Crippen molar-refractivity contribution in [2.75, 3.05) is 4.90 Å². The lowest BCUT2D eigenvalue weighted by Crippen LogP contribution is -2.28. The molecule has 1 aliphatic heterocycles. The van der Waals surface area contributed by atoms with Gasteiger partial charge in [0.1, 0.15) is 0 Å². The van der Waals surface area contributed by atoms with Crippen LogP contribution in [-0.4, -0.2) is 20.4 Å². The molecule has 112 valence electrons.